The monoisotopic (exact) mass is 251 g/mol. The van der Waals surface area contributed by atoms with Crippen LogP contribution in [-0.2, 0) is 9.53 Å². The van der Waals surface area contributed by atoms with E-state index >= 15 is 0 Å². The molecule has 0 saturated heterocycles. The summed E-state index contributed by atoms with van der Waals surface area (Å²) in [7, 11) is 0. The van der Waals surface area contributed by atoms with Gasteiger partial charge in [0.15, 0.2) is 6.61 Å². The predicted octanol–water partition coefficient (Wildman–Crippen LogP) is 1.38. The molecule has 0 bridgehead atoms. The second-order valence-electron chi connectivity index (χ2n) is 3.49. The Morgan fingerprint density at radius 2 is 1.83 bits per heavy atom. The number of nitrogens with one attached hydrogen (secondary N) is 1. The Bertz CT molecular complexity index is 400. The zero-order valence-electron chi connectivity index (χ0n) is 10.6. The van der Waals surface area contributed by atoms with Crippen molar-refractivity contribution >= 4 is 11.9 Å². The lowest BCUT2D eigenvalue weighted by Gasteiger charge is -2.07. The average molecular weight is 251 g/mol. The molecule has 0 aliphatic carbocycles. The topological polar surface area (TPSA) is 64.6 Å². The van der Waals surface area contributed by atoms with Gasteiger partial charge >= 0.3 is 5.97 Å². The van der Waals surface area contributed by atoms with E-state index in [1.165, 1.54) is 0 Å². The SMILES string of the molecule is CCNC(=O)COc1ccc(C(=O)OCC)cc1. The third-order valence-electron chi connectivity index (χ3n) is 2.11. The van der Waals surface area contributed by atoms with Crippen LogP contribution in [0.2, 0.25) is 0 Å². The summed E-state index contributed by atoms with van der Waals surface area (Å²) >= 11 is 0. The summed E-state index contributed by atoms with van der Waals surface area (Å²) < 4.78 is 10.1. The van der Waals surface area contributed by atoms with E-state index in [0.717, 1.165) is 0 Å². The molecule has 0 saturated carbocycles. The fraction of sp³-hybridized carbons (Fsp3) is 0.385. The number of hydrogen-bond donors (Lipinski definition) is 1. The fourth-order valence-electron chi connectivity index (χ4n) is 1.30. The molecular formula is C13H17NO4. The molecule has 0 atom stereocenters. The number of amides is 1. The average Bonchev–Trinajstić information content (AvgIpc) is 2.37. The molecule has 0 fully saturated rings. The highest BCUT2D eigenvalue weighted by Crippen LogP contribution is 2.12. The van der Waals surface area contributed by atoms with Crippen LogP contribution in [0, 0.1) is 0 Å². The van der Waals surface area contributed by atoms with Crippen molar-refractivity contribution in [2.24, 2.45) is 0 Å². The van der Waals surface area contributed by atoms with Crippen molar-refractivity contribution in [1.29, 1.82) is 0 Å². The van der Waals surface area contributed by atoms with Gasteiger partial charge < -0.3 is 14.8 Å². The van der Waals surface area contributed by atoms with Crippen molar-refractivity contribution in [3.8, 4) is 5.75 Å². The van der Waals surface area contributed by atoms with Crippen molar-refractivity contribution in [1.82, 2.24) is 5.32 Å². The van der Waals surface area contributed by atoms with Crippen LogP contribution in [0.15, 0.2) is 24.3 Å². The molecule has 1 rings (SSSR count). The number of likely N-dealkylation sites (N-methyl/N-ethyl adjacent to an activating group) is 1. The Balaban J connectivity index is 2.50. The molecule has 0 spiro atoms. The van der Waals surface area contributed by atoms with Gasteiger partial charge in [0, 0.05) is 6.54 Å². The number of rotatable bonds is 6. The molecule has 1 amide bonds. The van der Waals surface area contributed by atoms with Gasteiger partial charge in [-0.1, -0.05) is 0 Å². The van der Waals surface area contributed by atoms with Crippen LogP contribution in [0.3, 0.4) is 0 Å². The minimum Gasteiger partial charge on any atom is -0.484 e. The lowest BCUT2D eigenvalue weighted by Crippen LogP contribution is -2.28. The summed E-state index contributed by atoms with van der Waals surface area (Å²) in [5, 5.41) is 2.62. The van der Waals surface area contributed by atoms with Gasteiger partial charge in [-0.2, -0.15) is 0 Å². The van der Waals surface area contributed by atoms with E-state index in [9.17, 15) is 9.59 Å². The molecule has 0 radical (unpaired) electrons. The van der Waals surface area contributed by atoms with Gasteiger partial charge in [-0.15, -0.1) is 0 Å². The van der Waals surface area contributed by atoms with Gasteiger partial charge in [-0.3, -0.25) is 4.79 Å². The first-order valence-corrected chi connectivity index (χ1v) is 5.84. The van der Waals surface area contributed by atoms with E-state index in [1.807, 2.05) is 6.92 Å². The van der Waals surface area contributed by atoms with Gasteiger partial charge in [0.1, 0.15) is 5.75 Å². The lowest BCUT2D eigenvalue weighted by molar-refractivity contribution is -0.122. The Hall–Kier alpha value is -2.04. The minimum atomic E-state index is -0.368. The first kappa shape index (κ1) is 14.0. The highest BCUT2D eigenvalue weighted by Gasteiger charge is 2.06. The number of carbonyl (C=O) groups is 2. The lowest BCUT2D eigenvalue weighted by atomic mass is 10.2. The summed E-state index contributed by atoms with van der Waals surface area (Å²) in [6, 6.07) is 6.47. The largest absolute Gasteiger partial charge is 0.484 e. The normalized spacial score (nSPS) is 9.67. The minimum absolute atomic E-state index is 0.0351. The van der Waals surface area contributed by atoms with Crippen LogP contribution >= 0.6 is 0 Å². The summed E-state index contributed by atoms with van der Waals surface area (Å²) in [6.45, 7) is 4.47. The summed E-state index contributed by atoms with van der Waals surface area (Å²) in [5.74, 6) is -0.00551. The quantitative estimate of drug-likeness (QED) is 0.776. The van der Waals surface area contributed by atoms with Gasteiger partial charge in [-0.05, 0) is 38.1 Å². The molecule has 0 unspecified atom stereocenters. The number of esters is 1. The summed E-state index contributed by atoms with van der Waals surface area (Å²) in [6.07, 6.45) is 0. The molecule has 5 nitrogen and oxygen atoms in total. The second kappa shape index (κ2) is 7.32. The molecule has 1 N–H and O–H groups in total. The Morgan fingerprint density at radius 3 is 2.39 bits per heavy atom. The molecule has 1 aromatic carbocycles. The molecular weight excluding hydrogens is 234 g/mol. The molecule has 0 aliphatic heterocycles. The Labute approximate surface area is 106 Å². The van der Waals surface area contributed by atoms with E-state index in [2.05, 4.69) is 5.32 Å². The second-order valence-corrected chi connectivity index (χ2v) is 3.49. The molecule has 0 heterocycles. The van der Waals surface area contributed by atoms with Gasteiger partial charge in [0.25, 0.3) is 5.91 Å². The molecule has 0 aliphatic rings. The van der Waals surface area contributed by atoms with Crippen molar-refractivity contribution in [3.63, 3.8) is 0 Å². The van der Waals surface area contributed by atoms with Gasteiger partial charge in [0.2, 0.25) is 0 Å². The number of ether oxygens (including phenoxy) is 2. The van der Waals surface area contributed by atoms with Gasteiger partial charge in [-0.25, -0.2) is 4.79 Å². The van der Waals surface area contributed by atoms with Crippen LogP contribution in [0.1, 0.15) is 24.2 Å². The zero-order chi connectivity index (χ0) is 13.4. The smallest absolute Gasteiger partial charge is 0.338 e. The van der Waals surface area contributed by atoms with E-state index in [-0.39, 0.29) is 18.5 Å². The summed E-state index contributed by atoms with van der Waals surface area (Å²) in [4.78, 5) is 22.5. The fourth-order valence-corrected chi connectivity index (χ4v) is 1.30. The third-order valence-corrected chi connectivity index (χ3v) is 2.11. The number of benzene rings is 1. The molecule has 5 heteroatoms. The maximum absolute atomic E-state index is 11.4. The maximum atomic E-state index is 11.4. The summed E-state index contributed by atoms with van der Waals surface area (Å²) in [5.41, 5.74) is 0.460. The van der Waals surface area contributed by atoms with Crippen LogP contribution in [-0.4, -0.2) is 31.6 Å². The number of carbonyl (C=O) groups excluding carboxylic acids is 2. The van der Waals surface area contributed by atoms with Crippen LogP contribution in [0.5, 0.6) is 5.75 Å². The van der Waals surface area contributed by atoms with Crippen molar-refractivity contribution < 1.29 is 19.1 Å². The van der Waals surface area contributed by atoms with Crippen molar-refractivity contribution in [2.75, 3.05) is 19.8 Å². The first-order chi connectivity index (χ1) is 8.67. The first-order valence-electron chi connectivity index (χ1n) is 5.84. The third kappa shape index (κ3) is 4.45. The Kier molecular flexibility index (Phi) is 5.70. The highest BCUT2D eigenvalue weighted by atomic mass is 16.5. The molecule has 18 heavy (non-hydrogen) atoms. The van der Waals surface area contributed by atoms with Crippen LogP contribution in [0.4, 0.5) is 0 Å². The maximum Gasteiger partial charge on any atom is 0.338 e. The van der Waals surface area contributed by atoms with Gasteiger partial charge in [0.05, 0.1) is 12.2 Å². The zero-order valence-corrected chi connectivity index (χ0v) is 10.6. The highest BCUT2D eigenvalue weighted by molar-refractivity contribution is 5.89. The standard InChI is InChI=1S/C13H17NO4/c1-3-14-12(15)9-18-11-7-5-10(6-8-11)13(16)17-4-2/h5-8H,3-4,9H2,1-2H3,(H,14,15). The van der Waals surface area contributed by atoms with Crippen molar-refractivity contribution in [3.05, 3.63) is 29.8 Å². The van der Waals surface area contributed by atoms with E-state index in [0.29, 0.717) is 24.5 Å². The Morgan fingerprint density at radius 1 is 1.17 bits per heavy atom. The predicted molar refractivity (Wildman–Crippen MR) is 66.6 cm³/mol. The molecule has 1 aromatic rings. The molecule has 98 valence electrons. The van der Waals surface area contributed by atoms with Crippen LogP contribution in [0.25, 0.3) is 0 Å². The van der Waals surface area contributed by atoms with E-state index in [4.69, 9.17) is 9.47 Å². The molecule has 0 aromatic heterocycles. The van der Waals surface area contributed by atoms with E-state index in [1.54, 1.807) is 31.2 Å². The van der Waals surface area contributed by atoms with Crippen molar-refractivity contribution in [2.45, 2.75) is 13.8 Å². The van der Waals surface area contributed by atoms with E-state index < -0.39 is 0 Å². The van der Waals surface area contributed by atoms with Crippen LogP contribution < -0.4 is 10.1 Å². The number of hydrogen-bond acceptors (Lipinski definition) is 4.